The number of aryl methyl sites for hydroxylation is 1. The lowest BCUT2D eigenvalue weighted by Gasteiger charge is -2.09. The number of rotatable bonds is 3. The first-order chi connectivity index (χ1) is 10.6. The van der Waals surface area contributed by atoms with Crippen LogP contribution in [0.2, 0.25) is 0 Å². The second-order valence-corrected chi connectivity index (χ2v) is 5.91. The Labute approximate surface area is 136 Å². The lowest BCUT2D eigenvalue weighted by atomic mass is 10.2. The average Bonchev–Trinajstić information content (AvgIpc) is 2.87. The second kappa shape index (κ2) is 5.85. The molecule has 2 aromatic carbocycles. The number of hydrogen-bond acceptors (Lipinski definition) is 2. The molecule has 0 saturated carbocycles. The molecule has 3 aromatic rings. The number of nitrogens with one attached hydrogen (secondary N) is 2. The van der Waals surface area contributed by atoms with Gasteiger partial charge < -0.3 is 15.0 Å². The molecule has 0 aliphatic rings. The molecule has 3 rings (SSSR count). The molecule has 0 fully saturated rings. The Morgan fingerprint density at radius 2 is 2.00 bits per heavy atom. The number of methoxy groups -OCH3 is 1. The molecule has 4 nitrogen and oxygen atoms in total. The summed E-state index contributed by atoms with van der Waals surface area (Å²) >= 11 is 3.40. The highest BCUT2D eigenvalue weighted by atomic mass is 79.9. The van der Waals surface area contributed by atoms with Crippen molar-refractivity contribution in [3.63, 3.8) is 0 Å². The molecular weight excluding hydrogens is 344 g/mol. The number of aromatic amines is 1. The Kier molecular flexibility index (Phi) is 3.90. The van der Waals surface area contributed by atoms with Gasteiger partial charge in [0.25, 0.3) is 5.91 Å². The number of hydrogen-bond donors (Lipinski definition) is 2. The molecule has 112 valence electrons. The fraction of sp³-hybridized carbons (Fsp3) is 0.118. The molecule has 0 spiro atoms. The number of H-pyrrole nitrogens is 1. The summed E-state index contributed by atoms with van der Waals surface area (Å²) in [7, 11) is 1.58. The van der Waals surface area contributed by atoms with Gasteiger partial charge in [0.05, 0.1) is 12.7 Å². The normalized spacial score (nSPS) is 10.7. The molecule has 0 radical (unpaired) electrons. The van der Waals surface area contributed by atoms with Crippen molar-refractivity contribution in [3.05, 3.63) is 58.2 Å². The van der Waals surface area contributed by atoms with Gasteiger partial charge in [-0.05, 0) is 65.3 Å². The van der Waals surface area contributed by atoms with Gasteiger partial charge in [0.15, 0.2) is 0 Å². The smallest absolute Gasteiger partial charge is 0.256 e. The van der Waals surface area contributed by atoms with Crippen LogP contribution in [-0.4, -0.2) is 18.0 Å². The highest BCUT2D eigenvalue weighted by Crippen LogP contribution is 2.25. The van der Waals surface area contributed by atoms with Crippen LogP contribution in [0.25, 0.3) is 10.9 Å². The van der Waals surface area contributed by atoms with E-state index in [0.717, 1.165) is 26.8 Å². The number of anilines is 1. The van der Waals surface area contributed by atoms with Crippen molar-refractivity contribution in [3.8, 4) is 5.75 Å². The minimum absolute atomic E-state index is 0.183. The average molecular weight is 359 g/mol. The van der Waals surface area contributed by atoms with Crippen molar-refractivity contribution in [2.45, 2.75) is 6.92 Å². The minimum Gasteiger partial charge on any atom is -0.497 e. The molecular formula is C17H15BrN2O2. The molecule has 22 heavy (non-hydrogen) atoms. The predicted octanol–water partition coefficient (Wildman–Crippen LogP) is 4.50. The fourth-order valence-corrected chi connectivity index (χ4v) is 2.79. The summed E-state index contributed by atoms with van der Waals surface area (Å²) in [6, 6.07) is 13.1. The van der Waals surface area contributed by atoms with E-state index in [1.807, 2.05) is 31.2 Å². The zero-order valence-electron chi connectivity index (χ0n) is 12.2. The Bertz CT molecular complexity index is 855. The summed E-state index contributed by atoms with van der Waals surface area (Å²) in [5.74, 6) is 0.461. The van der Waals surface area contributed by atoms with E-state index in [4.69, 9.17) is 4.74 Å². The number of carbonyl (C=O) groups excluding carboxylic acids is 1. The third-order valence-electron chi connectivity index (χ3n) is 3.43. The van der Waals surface area contributed by atoms with Crippen LogP contribution in [0.15, 0.2) is 46.9 Å². The van der Waals surface area contributed by atoms with Crippen LogP contribution in [0.1, 0.15) is 16.1 Å². The number of amides is 1. The molecule has 0 atom stereocenters. The van der Waals surface area contributed by atoms with Crippen LogP contribution in [0.4, 0.5) is 5.69 Å². The van der Waals surface area contributed by atoms with Gasteiger partial charge in [-0.3, -0.25) is 4.79 Å². The van der Waals surface area contributed by atoms with Gasteiger partial charge in [-0.25, -0.2) is 0 Å². The predicted molar refractivity (Wildman–Crippen MR) is 91.7 cm³/mol. The van der Waals surface area contributed by atoms with Crippen LogP contribution in [0.3, 0.4) is 0 Å². The van der Waals surface area contributed by atoms with Crippen molar-refractivity contribution in [1.29, 1.82) is 0 Å². The van der Waals surface area contributed by atoms with E-state index >= 15 is 0 Å². The standard InChI is InChI=1S/C17H15BrN2O2/c1-10-7-11-8-12(3-6-16(11)19-10)20-17(21)14-9-13(22-2)4-5-15(14)18/h3-9,19H,1-2H3,(H,20,21). The molecule has 1 aromatic heterocycles. The SMILES string of the molecule is COc1ccc(Br)c(C(=O)Nc2ccc3[nH]c(C)cc3c2)c1. The van der Waals surface area contributed by atoms with Crippen LogP contribution >= 0.6 is 15.9 Å². The molecule has 0 aliphatic carbocycles. The third-order valence-corrected chi connectivity index (χ3v) is 4.12. The van der Waals surface area contributed by atoms with E-state index in [1.54, 1.807) is 25.3 Å². The Hall–Kier alpha value is -2.27. The highest BCUT2D eigenvalue weighted by Gasteiger charge is 2.12. The lowest BCUT2D eigenvalue weighted by Crippen LogP contribution is -2.12. The summed E-state index contributed by atoms with van der Waals surface area (Å²) in [6.07, 6.45) is 0. The molecule has 0 bridgehead atoms. The molecule has 0 saturated heterocycles. The van der Waals surface area contributed by atoms with E-state index in [-0.39, 0.29) is 5.91 Å². The van der Waals surface area contributed by atoms with Crippen molar-refractivity contribution in [2.24, 2.45) is 0 Å². The number of fused-ring (bicyclic) bond motifs is 1. The van der Waals surface area contributed by atoms with Crippen molar-refractivity contribution in [2.75, 3.05) is 12.4 Å². The molecule has 0 aliphatic heterocycles. The first kappa shape index (κ1) is 14.7. The van der Waals surface area contributed by atoms with Crippen LogP contribution in [0, 0.1) is 6.92 Å². The summed E-state index contributed by atoms with van der Waals surface area (Å²) in [5.41, 5.74) is 3.43. The maximum Gasteiger partial charge on any atom is 0.256 e. The Morgan fingerprint density at radius 3 is 2.77 bits per heavy atom. The van der Waals surface area contributed by atoms with Gasteiger partial charge in [0.1, 0.15) is 5.75 Å². The zero-order valence-corrected chi connectivity index (χ0v) is 13.8. The summed E-state index contributed by atoms with van der Waals surface area (Å²) < 4.78 is 5.89. The molecule has 1 amide bonds. The molecule has 5 heteroatoms. The number of benzene rings is 2. The van der Waals surface area contributed by atoms with Crippen LogP contribution in [0.5, 0.6) is 5.75 Å². The third kappa shape index (κ3) is 2.85. The number of ether oxygens (including phenoxy) is 1. The van der Waals surface area contributed by atoms with Crippen molar-refractivity contribution < 1.29 is 9.53 Å². The zero-order chi connectivity index (χ0) is 15.7. The van der Waals surface area contributed by atoms with E-state index in [9.17, 15) is 4.79 Å². The van der Waals surface area contributed by atoms with Crippen LogP contribution < -0.4 is 10.1 Å². The quantitative estimate of drug-likeness (QED) is 0.724. The summed E-state index contributed by atoms with van der Waals surface area (Å²) in [6.45, 7) is 2.01. The van der Waals surface area contributed by atoms with Gasteiger partial charge in [-0.2, -0.15) is 0 Å². The molecule has 1 heterocycles. The topological polar surface area (TPSA) is 54.1 Å². The second-order valence-electron chi connectivity index (χ2n) is 5.05. The number of halogens is 1. The van der Waals surface area contributed by atoms with E-state index < -0.39 is 0 Å². The van der Waals surface area contributed by atoms with Gasteiger partial charge >= 0.3 is 0 Å². The maximum atomic E-state index is 12.4. The largest absolute Gasteiger partial charge is 0.497 e. The van der Waals surface area contributed by atoms with E-state index in [0.29, 0.717) is 11.3 Å². The van der Waals surface area contributed by atoms with Gasteiger partial charge in [0, 0.05) is 26.8 Å². The van der Waals surface area contributed by atoms with Crippen molar-refractivity contribution in [1.82, 2.24) is 4.98 Å². The summed E-state index contributed by atoms with van der Waals surface area (Å²) in [4.78, 5) is 15.7. The van der Waals surface area contributed by atoms with Gasteiger partial charge in [-0.15, -0.1) is 0 Å². The molecule has 0 unspecified atom stereocenters. The van der Waals surface area contributed by atoms with E-state index in [1.165, 1.54) is 0 Å². The maximum absolute atomic E-state index is 12.4. The minimum atomic E-state index is -0.183. The van der Waals surface area contributed by atoms with E-state index in [2.05, 4.69) is 26.2 Å². The van der Waals surface area contributed by atoms with Gasteiger partial charge in [0.2, 0.25) is 0 Å². The Balaban J connectivity index is 1.89. The number of carbonyl (C=O) groups is 1. The van der Waals surface area contributed by atoms with Crippen molar-refractivity contribution >= 4 is 38.4 Å². The first-order valence-electron chi connectivity index (χ1n) is 6.81. The highest BCUT2D eigenvalue weighted by molar-refractivity contribution is 9.10. The number of aromatic nitrogens is 1. The monoisotopic (exact) mass is 358 g/mol. The van der Waals surface area contributed by atoms with Crippen LogP contribution in [-0.2, 0) is 0 Å². The summed E-state index contributed by atoms with van der Waals surface area (Å²) in [5, 5.41) is 3.98. The fourth-order valence-electron chi connectivity index (χ4n) is 2.36. The first-order valence-corrected chi connectivity index (χ1v) is 7.60. The van der Waals surface area contributed by atoms with Gasteiger partial charge in [-0.1, -0.05) is 0 Å². The molecule has 2 N–H and O–H groups in total. The lowest BCUT2D eigenvalue weighted by molar-refractivity contribution is 0.102. The Morgan fingerprint density at radius 1 is 1.18 bits per heavy atom.